The first-order valence-corrected chi connectivity index (χ1v) is 6.40. The van der Waals surface area contributed by atoms with Gasteiger partial charge < -0.3 is 5.32 Å². The van der Waals surface area contributed by atoms with Gasteiger partial charge in [0.25, 0.3) is 0 Å². The highest BCUT2D eigenvalue weighted by Gasteiger charge is 2.12. The first kappa shape index (κ1) is 13.0. The maximum absolute atomic E-state index is 6.15. The van der Waals surface area contributed by atoms with E-state index in [2.05, 4.69) is 28.3 Å². The number of hydrogen-bond acceptors (Lipinski definition) is 3. The largest absolute Gasteiger partial charge is 0.310 e. The topological polar surface area (TPSA) is 37.8 Å². The van der Waals surface area contributed by atoms with Gasteiger partial charge in [-0.3, -0.25) is 9.97 Å². The highest BCUT2D eigenvalue weighted by atomic mass is 35.5. The lowest BCUT2D eigenvalue weighted by Crippen LogP contribution is -2.23. The summed E-state index contributed by atoms with van der Waals surface area (Å²) >= 11 is 6.15. The standard InChI is InChI=1S/C14H16ClN3/c1-2-18-14(12-4-3-6-16-9-12)8-11-5-7-17-10-13(11)15/h3-7,9-10,14,18H,2,8H2,1H3. The van der Waals surface area contributed by atoms with Crippen LogP contribution in [0.3, 0.4) is 0 Å². The monoisotopic (exact) mass is 261 g/mol. The lowest BCUT2D eigenvalue weighted by Gasteiger charge is -2.18. The molecule has 0 spiro atoms. The van der Waals surface area contributed by atoms with Crippen LogP contribution in [0.15, 0.2) is 43.0 Å². The molecule has 0 aliphatic heterocycles. The number of pyridine rings is 2. The molecule has 0 saturated carbocycles. The lowest BCUT2D eigenvalue weighted by molar-refractivity contribution is 0.548. The van der Waals surface area contributed by atoms with Crippen LogP contribution in [0.5, 0.6) is 0 Å². The molecule has 0 aliphatic rings. The number of nitrogens with one attached hydrogen (secondary N) is 1. The molecule has 0 amide bonds. The fourth-order valence-electron chi connectivity index (χ4n) is 1.93. The lowest BCUT2D eigenvalue weighted by atomic mass is 10.0. The van der Waals surface area contributed by atoms with Crippen LogP contribution in [0, 0.1) is 0 Å². The summed E-state index contributed by atoms with van der Waals surface area (Å²) in [5.74, 6) is 0. The second-order valence-corrected chi connectivity index (χ2v) is 4.48. The van der Waals surface area contributed by atoms with Gasteiger partial charge in [0.15, 0.2) is 0 Å². The Kier molecular flexibility index (Phi) is 4.67. The van der Waals surface area contributed by atoms with E-state index in [1.807, 2.05) is 18.3 Å². The molecule has 0 saturated heterocycles. The van der Waals surface area contributed by atoms with Crippen LogP contribution in [-0.4, -0.2) is 16.5 Å². The molecule has 2 heterocycles. The van der Waals surface area contributed by atoms with Crippen LogP contribution < -0.4 is 5.32 Å². The van der Waals surface area contributed by atoms with Crippen molar-refractivity contribution in [1.29, 1.82) is 0 Å². The van der Waals surface area contributed by atoms with E-state index in [1.54, 1.807) is 18.6 Å². The van der Waals surface area contributed by atoms with Gasteiger partial charge in [0.2, 0.25) is 0 Å². The molecule has 1 unspecified atom stereocenters. The summed E-state index contributed by atoms with van der Waals surface area (Å²) in [5, 5.41) is 4.17. The fourth-order valence-corrected chi connectivity index (χ4v) is 2.12. The van der Waals surface area contributed by atoms with Crippen LogP contribution in [0.2, 0.25) is 5.02 Å². The van der Waals surface area contributed by atoms with Gasteiger partial charge in [0, 0.05) is 30.8 Å². The minimum absolute atomic E-state index is 0.226. The smallest absolute Gasteiger partial charge is 0.0622 e. The van der Waals surface area contributed by atoms with Gasteiger partial charge >= 0.3 is 0 Å². The molecule has 0 fully saturated rings. The summed E-state index contributed by atoms with van der Waals surface area (Å²) in [6.07, 6.45) is 7.96. The van der Waals surface area contributed by atoms with E-state index in [1.165, 1.54) is 5.56 Å². The van der Waals surface area contributed by atoms with Crippen molar-refractivity contribution in [2.24, 2.45) is 0 Å². The Morgan fingerprint density at radius 3 is 2.72 bits per heavy atom. The zero-order valence-corrected chi connectivity index (χ0v) is 11.1. The van der Waals surface area contributed by atoms with Crippen molar-refractivity contribution in [2.75, 3.05) is 6.54 Å². The Morgan fingerprint density at radius 2 is 2.06 bits per heavy atom. The van der Waals surface area contributed by atoms with Crippen LogP contribution in [0.4, 0.5) is 0 Å². The number of likely N-dealkylation sites (N-methyl/N-ethyl adjacent to an activating group) is 1. The minimum Gasteiger partial charge on any atom is -0.310 e. The molecule has 2 rings (SSSR count). The quantitative estimate of drug-likeness (QED) is 0.899. The zero-order chi connectivity index (χ0) is 12.8. The van der Waals surface area contributed by atoms with Crippen LogP contribution >= 0.6 is 11.6 Å². The van der Waals surface area contributed by atoms with Crippen molar-refractivity contribution in [3.63, 3.8) is 0 Å². The van der Waals surface area contributed by atoms with E-state index < -0.39 is 0 Å². The van der Waals surface area contributed by atoms with Crippen molar-refractivity contribution >= 4 is 11.6 Å². The van der Waals surface area contributed by atoms with E-state index in [4.69, 9.17) is 11.6 Å². The molecule has 3 nitrogen and oxygen atoms in total. The van der Waals surface area contributed by atoms with Gasteiger partial charge in [0.05, 0.1) is 5.02 Å². The van der Waals surface area contributed by atoms with Gasteiger partial charge in [0.1, 0.15) is 0 Å². The highest BCUT2D eigenvalue weighted by molar-refractivity contribution is 6.31. The molecular formula is C14H16ClN3. The van der Waals surface area contributed by atoms with Crippen LogP contribution in [-0.2, 0) is 6.42 Å². The second-order valence-electron chi connectivity index (χ2n) is 4.07. The summed E-state index contributed by atoms with van der Waals surface area (Å²) in [7, 11) is 0. The van der Waals surface area contributed by atoms with Crippen LogP contribution in [0.1, 0.15) is 24.1 Å². The average Bonchev–Trinajstić information content (AvgIpc) is 2.42. The number of rotatable bonds is 5. The van der Waals surface area contributed by atoms with E-state index in [0.29, 0.717) is 5.02 Å². The molecule has 4 heteroatoms. The summed E-state index contributed by atoms with van der Waals surface area (Å²) in [6, 6.07) is 6.22. The highest BCUT2D eigenvalue weighted by Crippen LogP contribution is 2.22. The first-order valence-electron chi connectivity index (χ1n) is 6.03. The van der Waals surface area contributed by atoms with Gasteiger partial charge in [-0.1, -0.05) is 24.6 Å². The van der Waals surface area contributed by atoms with Gasteiger partial charge in [-0.25, -0.2) is 0 Å². The van der Waals surface area contributed by atoms with Gasteiger partial charge in [-0.05, 0) is 36.2 Å². The third kappa shape index (κ3) is 3.28. The Labute approximate surface area is 112 Å². The third-order valence-electron chi connectivity index (χ3n) is 2.82. The zero-order valence-electron chi connectivity index (χ0n) is 10.3. The van der Waals surface area contributed by atoms with Crippen LogP contribution in [0.25, 0.3) is 0 Å². The van der Waals surface area contributed by atoms with Gasteiger partial charge in [-0.2, -0.15) is 0 Å². The van der Waals surface area contributed by atoms with E-state index in [-0.39, 0.29) is 6.04 Å². The summed E-state index contributed by atoms with van der Waals surface area (Å²) in [5.41, 5.74) is 2.27. The number of halogens is 1. The fraction of sp³-hybridized carbons (Fsp3) is 0.286. The molecule has 94 valence electrons. The second kappa shape index (κ2) is 6.47. The van der Waals surface area contributed by atoms with Crippen molar-refractivity contribution in [1.82, 2.24) is 15.3 Å². The normalized spacial score (nSPS) is 12.3. The van der Waals surface area contributed by atoms with Crippen molar-refractivity contribution < 1.29 is 0 Å². The molecular weight excluding hydrogens is 246 g/mol. The number of nitrogens with zero attached hydrogens (tertiary/aromatic N) is 2. The maximum atomic E-state index is 6.15. The van der Waals surface area contributed by atoms with Crippen molar-refractivity contribution in [3.05, 3.63) is 59.1 Å². The maximum Gasteiger partial charge on any atom is 0.0622 e. The number of hydrogen-bond donors (Lipinski definition) is 1. The molecule has 2 aromatic heterocycles. The Hall–Kier alpha value is -1.45. The Morgan fingerprint density at radius 1 is 1.22 bits per heavy atom. The van der Waals surface area contributed by atoms with Crippen molar-refractivity contribution in [2.45, 2.75) is 19.4 Å². The summed E-state index contributed by atoms with van der Waals surface area (Å²) in [6.45, 7) is 3.00. The van der Waals surface area contributed by atoms with E-state index >= 15 is 0 Å². The molecule has 0 bridgehead atoms. The Balaban J connectivity index is 2.19. The minimum atomic E-state index is 0.226. The predicted octanol–water partition coefficient (Wildman–Crippen LogP) is 3.02. The molecule has 1 N–H and O–H groups in total. The number of aromatic nitrogens is 2. The molecule has 0 aromatic carbocycles. The SMILES string of the molecule is CCNC(Cc1ccncc1Cl)c1cccnc1. The molecule has 0 aliphatic carbocycles. The molecule has 18 heavy (non-hydrogen) atoms. The van der Waals surface area contributed by atoms with E-state index in [0.717, 1.165) is 18.5 Å². The summed E-state index contributed by atoms with van der Waals surface area (Å²) < 4.78 is 0. The summed E-state index contributed by atoms with van der Waals surface area (Å²) in [4.78, 5) is 8.17. The van der Waals surface area contributed by atoms with Gasteiger partial charge in [-0.15, -0.1) is 0 Å². The molecule has 2 aromatic rings. The average molecular weight is 262 g/mol. The molecule has 0 radical (unpaired) electrons. The molecule has 1 atom stereocenters. The van der Waals surface area contributed by atoms with E-state index in [9.17, 15) is 0 Å². The van der Waals surface area contributed by atoms with Crippen molar-refractivity contribution in [3.8, 4) is 0 Å². The third-order valence-corrected chi connectivity index (χ3v) is 3.16. The predicted molar refractivity (Wildman–Crippen MR) is 73.6 cm³/mol. The first-order chi connectivity index (χ1) is 8.81. The Bertz CT molecular complexity index is 487.